The first kappa shape index (κ1) is 17.0. The predicted octanol–water partition coefficient (Wildman–Crippen LogP) is 4.45. The van der Waals surface area contributed by atoms with Crippen LogP contribution in [-0.4, -0.2) is 19.2 Å². The number of rotatable bonds is 7. The van der Waals surface area contributed by atoms with Crippen LogP contribution in [-0.2, 0) is 5.41 Å². The molecule has 2 nitrogen and oxygen atoms in total. The summed E-state index contributed by atoms with van der Waals surface area (Å²) < 4.78 is 6.13. The third kappa shape index (κ3) is 5.16. The van der Waals surface area contributed by atoms with Gasteiger partial charge in [-0.2, -0.15) is 0 Å². The van der Waals surface area contributed by atoms with E-state index in [0.29, 0.717) is 6.04 Å². The van der Waals surface area contributed by atoms with Crippen LogP contribution in [0.25, 0.3) is 0 Å². The Labute approximate surface area is 124 Å². The maximum Gasteiger partial charge on any atom is 0.123 e. The highest BCUT2D eigenvalue weighted by atomic mass is 16.5. The Morgan fingerprint density at radius 1 is 1.20 bits per heavy atom. The van der Waals surface area contributed by atoms with Crippen LogP contribution in [0.4, 0.5) is 0 Å². The molecule has 0 bridgehead atoms. The summed E-state index contributed by atoms with van der Waals surface area (Å²) in [5.41, 5.74) is 2.65. The third-order valence-corrected chi connectivity index (χ3v) is 3.56. The molecule has 1 aromatic carbocycles. The van der Waals surface area contributed by atoms with E-state index in [1.807, 2.05) is 0 Å². The maximum absolute atomic E-state index is 6.13. The lowest BCUT2D eigenvalue weighted by Crippen LogP contribution is -2.34. The van der Waals surface area contributed by atoms with Crippen LogP contribution in [0.1, 0.15) is 58.6 Å². The molecule has 0 aliphatic heterocycles. The van der Waals surface area contributed by atoms with E-state index in [2.05, 4.69) is 65.1 Å². The molecule has 0 aromatic heterocycles. The second-order valence-electron chi connectivity index (χ2n) is 6.62. The quantitative estimate of drug-likeness (QED) is 0.795. The van der Waals surface area contributed by atoms with Crippen molar-refractivity contribution in [1.29, 1.82) is 0 Å². The fraction of sp³-hybridized carbons (Fsp3) is 0.667. The average molecular weight is 277 g/mol. The average Bonchev–Trinajstić information content (AvgIpc) is 2.37. The zero-order valence-corrected chi connectivity index (χ0v) is 14.0. The molecule has 1 unspecified atom stereocenters. The molecular formula is C18H31NO. The standard InChI is InChI=1S/C18H31NO/c1-7-11-19-15(8-2)13-20-17-12-14(3)9-10-16(17)18(4,5)6/h9-10,12,15,19H,7-8,11,13H2,1-6H3. The van der Waals surface area contributed by atoms with Crippen molar-refractivity contribution in [3.8, 4) is 5.75 Å². The Morgan fingerprint density at radius 3 is 2.45 bits per heavy atom. The molecule has 1 N–H and O–H groups in total. The summed E-state index contributed by atoms with van der Waals surface area (Å²) in [7, 11) is 0. The summed E-state index contributed by atoms with van der Waals surface area (Å²) in [5, 5.41) is 3.54. The van der Waals surface area contributed by atoms with E-state index in [-0.39, 0.29) is 5.41 Å². The van der Waals surface area contributed by atoms with Crippen molar-refractivity contribution in [2.24, 2.45) is 0 Å². The summed E-state index contributed by atoms with van der Waals surface area (Å²) in [6.45, 7) is 15.0. The summed E-state index contributed by atoms with van der Waals surface area (Å²) in [6, 6.07) is 6.96. The smallest absolute Gasteiger partial charge is 0.123 e. The van der Waals surface area contributed by atoms with E-state index in [1.54, 1.807) is 0 Å². The second kappa shape index (κ2) is 7.68. The van der Waals surface area contributed by atoms with Crippen molar-refractivity contribution in [3.63, 3.8) is 0 Å². The number of benzene rings is 1. The minimum atomic E-state index is 0.113. The van der Waals surface area contributed by atoms with E-state index in [4.69, 9.17) is 4.74 Å². The van der Waals surface area contributed by atoms with Crippen LogP contribution >= 0.6 is 0 Å². The lowest BCUT2D eigenvalue weighted by atomic mass is 9.86. The Morgan fingerprint density at radius 2 is 1.90 bits per heavy atom. The molecule has 0 saturated carbocycles. The van der Waals surface area contributed by atoms with Gasteiger partial charge in [-0.3, -0.25) is 0 Å². The summed E-state index contributed by atoms with van der Waals surface area (Å²) in [6.07, 6.45) is 2.25. The van der Waals surface area contributed by atoms with Crippen molar-refractivity contribution in [2.75, 3.05) is 13.2 Å². The van der Waals surface area contributed by atoms with Crippen LogP contribution in [0.3, 0.4) is 0 Å². The molecule has 1 aromatic rings. The van der Waals surface area contributed by atoms with Gasteiger partial charge in [-0.25, -0.2) is 0 Å². The molecule has 1 rings (SSSR count). The number of nitrogens with one attached hydrogen (secondary N) is 1. The first-order valence-electron chi connectivity index (χ1n) is 7.85. The van der Waals surface area contributed by atoms with Gasteiger partial charge >= 0.3 is 0 Å². The topological polar surface area (TPSA) is 21.3 Å². The molecule has 0 aliphatic rings. The SMILES string of the molecule is CCCNC(CC)COc1cc(C)ccc1C(C)(C)C. The van der Waals surface area contributed by atoms with Gasteiger partial charge in [0.2, 0.25) is 0 Å². The molecule has 1 atom stereocenters. The van der Waals surface area contributed by atoms with Crippen LogP contribution in [0, 0.1) is 6.92 Å². The van der Waals surface area contributed by atoms with E-state index < -0.39 is 0 Å². The molecule has 0 amide bonds. The number of aryl methyl sites for hydroxylation is 1. The minimum Gasteiger partial charge on any atom is -0.492 e. The first-order chi connectivity index (χ1) is 9.38. The van der Waals surface area contributed by atoms with Gasteiger partial charge in [-0.05, 0) is 48.9 Å². The Bertz CT molecular complexity index is 406. The van der Waals surface area contributed by atoms with Crippen molar-refractivity contribution >= 4 is 0 Å². The largest absolute Gasteiger partial charge is 0.492 e. The highest BCUT2D eigenvalue weighted by molar-refractivity contribution is 5.41. The van der Waals surface area contributed by atoms with E-state index in [9.17, 15) is 0 Å². The van der Waals surface area contributed by atoms with Gasteiger partial charge in [0.15, 0.2) is 0 Å². The minimum absolute atomic E-state index is 0.113. The zero-order valence-electron chi connectivity index (χ0n) is 14.0. The lowest BCUT2D eigenvalue weighted by Gasteiger charge is -2.25. The van der Waals surface area contributed by atoms with Gasteiger partial charge in [-0.1, -0.05) is 46.8 Å². The second-order valence-corrected chi connectivity index (χ2v) is 6.62. The summed E-state index contributed by atoms with van der Waals surface area (Å²) in [4.78, 5) is 0. The summed E-state index contributed by atoms with van der Waals surface area (Å²) in [5.74, 6) is 1.04. The summed E-state index contributed by atoms with van der Waals surface area (Å²) >= 11 is 0. The van der Waals surface area contributed by atoms with Crippen molar-refractivity contribution in [1.82, 2.24) is 5.32 Å². The van der Waals surface area contributed by atoms with Crippen molar-refractivity contribution in [2.45, 2.75) is 65.8 Å². The molecule has 0 saturated heterocycles. The molecule has 0 fully saturated rings. The van der Waals surface area contributed by atoms with Crippen LogP contribution < -0.4 is 10.1 Å². The zero-order chi connectivity index (χ0) is 15.2. The molecule has 0 spiro atoms. The number of hydrogen-bond acceptors (Lipinski definition) is 2. The van der Waals surface area contributed by atoms with Gasteiger partial charge in [0.1, 0.15) is 12.4 Å². The normalized spacial score (nSPS) is 13.3. The van der Waals surface area contributed by atoms with Gasteiger partial charge < -0.3 is 10.1 Å². The number of hydrogen-bond donors (Lipinski definition) is 1. The molecule has 0 heterocycles. The lowest BCUT2D eigenvalue weighted by molar-refractivity contribution is 0.255. The maximum atomic E-state index is 6.13. The Hall–Kier alpha value is -1.02. The molecular weight excluding hydrogens is 246 g/mol. The van der Waals surface area contributed by atoms with Crippen LogP contribution in [0.15, 0.2) is 18.2 Å². The molecule has 2 heteroatoms. The van der Waals surface area contributed by atoms with Crippen LogP contribution in [0.5, 0.6) is 5.75 Å². The van der Waals surface area contributed by atoms with E-state index >= 15 is 0 Å². The van der Waals surface area contributed by atoms with E-state index in [1.165, 1.54) is 11.1 Å². The molecule has 0 radical (unpaired) electrons. The van der Waals surface area contributed by atoms with Gasteiger partial charge in [-0.15, -0.1) is 0 Å². The highest BCUT2D eigenvalue weighted by Gasteiger charge is 2.19. The third-order valence-electron chi connectivity index (χ3n) is 3.56. The van der Waals surface area contributed by atoms with Gasteiger partial charge in [0.25, 0.3) is 0 Å². The fourth-order valence-electron chi connectivity index (χ4n) is 2.23. The van der Waals surface area contributed by atoms with Crippen LogP contribution in [0.2, 0.25) is 0 Å². The van der Waals surface area contributed by atoms with E-state index in [0.717, 1.165) is 31.7 Å². The predicted molar refractivity (Wildman–Crippen MR) is 87.7 cm³/mol. The first-order valence-corrected chi connectivity index (χ1v) is 7.85. The number of ether oxygens (including phenoxy) is 1. The van der Waals surface area contributed by atoms with Crippen molar-refractivity contribution < 1.29 is 4.74 Å². The molecule has 114 valence electrons. The van der Waals surface area contributed by atoms with Gasteiger partial charge in [0, 0.05) is 6.04 Å². The fourth-order valence-corrected chi connectivity index (χ4v) is 2.23. The van der Waals surface area contributed by atoms with Crippen molar-refractivity contribution in [3.05, 3.63) is 29.3 Å². The van der Waals surface area contributed by atoms with Gasteiger partial charge in [0.05, 0.1) is 0 Å². The molecule has 0 aliphatic carbocycles. The Balaban J connectivity index is 2.78. The Kier molecular flexibility index (Phi) is 6.54. The highest BCUT2D eigenvalue weighted by Crippen LogP contribution is 2.32. The monoisotopic (exact) mass is 277 g/mol. The molecule has 20 heavy (non-hydrogen) atoms.